The van der Waals surface area contributed by atoms with Gasteiger partial charge >= 0.3 is 5.66 Å². The molecule has 8 nitrogen and oxygen atoms in total. The van der Waals surface area contributed by atoms with Crippen molar-refractivity contribution in [3.63, 3.8) is 0 Å². The van der Waals surface area contributed by atoms with E-state index in [9.17, 15) is 10.1 Å². The van der Waals surface area contributed by atoms with Gasteiger partial charge in [-0.15, -0.1) is 5.10 Å². The summed E-state index contributed by atoms with van der Waals surface area (Å²) >= 11 is 0. The van der Waals surface area contributed by atoms with E-state index in [1.807, 2.05) is 30.3 Å². The highest BCUT2D eigenvalue weighted by Gasteiger charge is 2.51. The monoisotopic (exact) mass is 276 g/mol. The fraction of sp³-hybridized carbons (Fsp3) is 0.333. The van der Waals surface area contributed by atoms with Crippen molar-refractivity contribution in [2.45, 2.75) is 12.0 Å². The van der Waals surface area contributed by atoms with E-state index >= 15 is 0 Å². The molecular formula is C12H12N4O4. The third-order valence-electron chi connectivity index (χ3n) is 3.19. The summed E-state index contributed by atoms with van der Waals surface area (Å²) in [6.45, 7) is -0.272. The van der Waals surface area contributed by atoms with Crippen LogP contribution in [0.1, 0.15) is 11.9 Å². The average molecular weight is 276 g/mol. The Hall–Kier alpha value is -2.32. The number of aromatic nitrogens is 3. The largest absolute Gasteiger partial charge is 0.361 e. The molecular weight excluding hydrogens is 264 g/mol. The van der Waals surface area contributed by atoms with Crippen molar-refractivity contribution in [3.8, 4) is 0 Å². The van der Waals surface area contributed by atoms with Crippen molar-refractivity contribution in [2.75, 3.05) is 13.2 Å². The number of nitrogens with zero attached hydrogens (tertiary/aromatic N) is 4. The number of hydrogen-bond donors (Lipinski definition) is 0. The lowest BCUT2D eigenvalue weighted by Gasteiger charge is -2.33. The van der Waals surface area contributed by atoms with Crippen LogP contribution >= 0.6 is 0 Å². The summed E-state index contributed by atoms with van der Waals surface area (Å²) < 4.78 is 12.2. The van der Waals surface area contributed by atoms with Gasteiger partial charge in [0.25, 0.3) is 0 Å². The molecule has 0 unspecified atom stereocenters. The third kappa shape index (κ3) is 2.04. The summed E-state index contributed by atoms with van der Waals surface area (Å²) in [5.74, 6) is 0. The topological polar surface area (TPSA) is 92.3 Å². The number of benzene rings is 1. The molecule has 0 radical (unpaired) electrons. The summed E-state index contributed by atoms with van der Waals surface area (Å²) in [4.78, 5) is 10.9. The first-order valence-electron chi connectivity index (χ1n) is 6.02. The van der Waals surface area contributed by atoms with Crippen molar-refractivity contribution in [2.24, 2.45) is 0 Å². The van der Waals surface area contributed by atoms with Gasteiger partial charge in [-0.2, -0.15) is 4.68 Å². The van der Waals surface area contributed by atoms with E-state index < -0.39 is 16.9 Å². The van der Waals surface area contributed by atoms with Crippen LogP contribution in [0.15, 0.2) is 42.7 Å². The van der Waals surface area contributed by atoms with Crippen molar-refractivity contribution < 1.29 is 14.4 Å². The normalized spacial score (nSPS) is 26.3. The molecule has 1 aliphatic heterocycles. The molecule has 1 saturated heterocycles. The van der Waals surface area contributed by atoms with Gasteiger partial charge in [0.1, 0.15) is 13.2 Å². The number of hydrogen-bond acceptors (Lipinski definition) is 6. The van der Waals surface area contributed by atoms with E-state index in [1.165, 1.54) is 12.4 Å². The summed E-state index contributed by atoms with van der Waals surface area (Å²) in [7, 11) is 0. The zero-order valence-corrected chi connectivity index (χ0v) is 10.5. The fourth-order valence-corrected chi connectivity index (χ4v) is 2.06. The Bertz CT molecular complexity index is 579. The van der Waals surface area contributed by atoms with Crippen LogP contribution in [0, 0.1) is 10.1 Å². The predicted octanol–water partition coefficient (Wildman–Crippen LogP) is 0.953. The molecule has 0 bridgehead atoms. The first-order valence-corrected chi connectivity index (χ1v) is 6.02. The molecule has 0 atom stereocenters. The SMILES string of the molecule is O=[N+]([O-])C1(n2ccnn2)COC(c2ccccc2)OC1. The van der Waals surface area contributed by atoms with Crippen LogP contribution in [0.2, 0.25) is 0 Å². The van der Waals surface area contributed by atoms with Gasteiger partial charge in [-0.05, 0) is 0 Å². The van der Waals surface area contributed by atoms with E-state index in [0.717, 1.165) is 10.2 Å². The molecule has 8 heteroatoms. The summed E-state index contributed by atoms with van der Waals surface area (Å²) in [6.07, 6.45) is 2.21. The van der Waals surface area contributed by atoms with Crippen LogP contribution in [-0.4, -0.2) is 33.1 Å². The van der Waals surface area contributed by atoms with Gasteiger partial charge in [-0.3, -0.25) is 10.1 Å². The summed E-state index contributed by atoms with van der Waals surface area (Å²) in [5.41, 5.74) is -0.745. The minimum Gasteiger partial charge on any atom is -0.339 e. The van der Waals surface area contributed by atoms with Crippen molar-refractivity contribution in [1.29, 1.82) is 0 Å². The molecule has 0 aliphatic carbocycles. The van der Waals surface area contributed by atoms with E-state index in [1.54, 1.807) is 0 Å². The molecule has 2 aromatic rings. The molecule has 20 heavy (non-hydrogen) atoms. The highest BCUT2D eigenvalue weighted by molar-refractivity contribution is 5.16. The van der Waals surface area contributed by atoms with Gasteiger partial charge in [-0.25, -0.2) is 0 Å². The summed E-state index contributed by atoms with van der Waals surface area (Å²) in [6, 6.07) is 9.28. The third-order valence-corrected chi connectivity index (χ3v) is 3.19. The lowest BCUT2D eigenvalue weighted by Crippen LogP contribution is -2.53. The van der Waals surface area contributed by atoms with Crippen molar-refractivity contribution in [1.82, 2.24) is 15.0 Å². The zero-order chi connectivity index (χ0) is 14.0. The Morgan fingerprint density at radius 2 is 2.00 bits per heavy atom. The van der Waals surface area contributed by atoms with E-state index in [2.05, 4.69) is 10.3 Å². The molecule has 0 amide bonds. The molecule has 0 N–H and O–H groups in total. The van der Waals surface area contributed by atoms with Gasteiger partial charge in [0.05, 0.1) is 17.3 Å². The zero-order valence-electron chi connectivity index (χ0n) is 10.5. The quantitative estimate of drug-likeness (QED) is 0.612. The molecule has 1 fully saturated rings. The van der Waals surface area contributed by atoms with Gasteiger partial charge in [0, 0.05) is 5.56 Å². The second-order valence-corrected chi connectivity index (χ2v) is 4.45. The first kappa shape index (κ1) is 12.7. The van der Waals surface area contributed by atoms with Crippen LogP contribution in [0.4, 0.5) is 0 Å². The molecule has 0 saturated carbocycles. The van der Waals surface area contributed by atoms with Gasteiger partial charge in [-0.1, -0.05) is 35.5 Å². The maximum absolute atomic E-state index is 11.4. The average Bonchev–Trinajstić information content (AvgIpc) is 3.03. The lowest BCUT2D eigenvalue weighted by molar-refractivity contribution is -0.626. The first-order chi connectivity index (χ1) is 9.72. The van der Waals surface area contributed by atoms with Crippen LogP contribution in [0.25, 0.3) is 0 Å². The lowest BCUT2D eigenvalue weighted by atomic mass is 10.1. The van der Waals surface area contributed by atoms with Gasteiger partial charge in [0.15, 0.2) is 6.29 Å². The van der Waals surface area contributed by atoms with E-state index in [4.69, 9.17) is 9.47 Å². The van der Waals surface area contributed by atoms with Crippen molar-refractivity contribution >= 4 is 0 Å². The molecule has 2 heterocycles. The second kappa shape index (κ2) is 4.99. The Morgan fingerprint density at radius 1 is 1.30 bits per heavy atom. The second-order valence-electron chi connectivity index (χ2n) is 4.45. The van der Waals surface area contributed by atoms with Crippen LogP contribution in [0.5, 0.6) is 0 Å². The molecule has 0 spiro atoms. The maximum Gasteiger partial charge on any atom is 0.361 e. The van der Waals surface area contributed by atoms with Gasteiger partial charge in [0.2, 0.25) is 0 Å². The number of nitro groups is 1. The van der Waals surface area contributed by atoms with Crippen LogP contribution in [-0.2, 0) is 15.1 Å². The Labute approximate surface area is 114 Å². The van der Waals surface area contributed by atoms with Gasteiger partial charge < -0.3 is 9.47 Å². The smallest absolute Gasteiger partial charge is 0.339 e. The Balaban J connectivity index is 1.81. The molecule has 1 aliphatic rings. The van der Waals surface area contributed by atoms with Crippen molar-refractivity contribution in [3.05, 3.63) is 58.4 Å². The summed E-state index contributed by atoms with van der Waals surface area (Å²) in [5, 5.41) is 18.7. The maximum atomic E-state index is 11.4. The predicted molar refractivity (Wildman–Crippen MR) is 66.1 cm³/mol. The highest BCUT2D eigenvalue weighted by atomic mass is 16.7. The van der Waals surface area contributed by atoms with E-state index in [-0.39, 0.29) is 13.2 Å². The molecule has 3 rings (SSSR count). The minimum atomic E-state index is -1.57. The molecule has 104 valence electrons. The Morgan fingerprint density at radius 3 is 2.55 bits per heavy atom. The van der Waals surface area contributed by atoms with Crippen LogP contribution < -0.4 is 0 Å². The molecule has 1 aromatic heterocycles. The highest BCUT2D eigenvalue weighted by Crippen LogP contribution is 2.30. The molecule has 1 aromatic carbocycles. The van der Waals surface area contributed by atoms with Crippen LogP contribution in [0.3, 0.4) is 0 Å². The Kier molecular flexibility index (Phi) is 3.17. The number of ether oxygens (including phenoxy) is 2. The number of rotatable bonds is 3. The fourth-order valence-electron chi connectivity index (χ4n) is 2.06. The standard InChI is InChI=1S/C12H12N4O4/c17-16(18)12(15-7-6-13-14-15)8-19-11(20-9-12)10-4-2-1-3-5-10/h1-7,11H,8-9H2. The minimum absolute atomic E-state index is 0.136. The van der Waals surface area contributed by atoms with E-state index in [0.29, 0.717) is 0 Å².